The minimum absolute atomic E-state index is 0. The van der Waals surface area contributed by atoms with Crippen LogP contribution in [-0.4, -0.2) is 44.9 Å². The molecule has 176 valence electrons. The molecule has 32 heavy (non-hydrogen) atoms. The maximum atomic E-state index is 6.15. The van der Waals surface area contributed by atoms with E-state index >= 15 is 0 Å². The molecule has 0 aliphatic carbocycles. The molecule has 0 radical (unpaired) electrons. The molecular formula is C24H35IN4O3. The summed E-state index contributed by atoms with van der Waals surface area (Å²) >= 11 is 0. The predicted molar refractivity (Wildman–Crippen MR) is 138 cm³/mol. The third-order valence-corrected chi connectivity index (χ3v) is 5.56. The van der Waals surface area contributed by atoms with Gasteiger partial charge in [-0.1, -0.05) is 12.1 Å². The van der Waals surface area contributed by atoms with Gasteiger partial charge in [0.2, 0.25) is 0 Å². The van der Waals surface area contributed by atoms with E-state index in [1.807, 2.05) is 20.0 Å². The zero-order valence-electron chi connectivity index (χ0n) is 19.7. The molecular weight excluding hydrogens is 519 g/mol. The van der Waals surface area contributed by atoms with Crippen molar-refractivity contribution in [3.05, 3.63) is 52.3 Å². The van der Waals surface area contributed by atoms with Crippen LogP contribution < -0.4 is 20.1 Å². The highest BCUT2D eigenvalue weighted by Crippen LogP contribution is 2.24. The molecule has 0 spiro atoms. The second-order valence-electron chi connectivity index (χ2n) is 7.98. The van der Waals surface area contributed by atoms with E-state index in [1.54, 1.807) is 14.2 Å². The monoisotopic (exact) mass is 554 g/mol. The lowest BCUT2D eigenvalue weighted by Crippen LogP contribution is -2.36. The first-order chi connectivity index (χ1) is 15.0. The molecule has 2 heterocycles. The number of nitrogens with zero attached hydrogens (tertiary/aromatic N) is 2. The van der Waals surface area contributed by atoms with Crippen molar-refractivity contribution in [2.24, 2.45) is 10.9 Å². The fourth-order valence-electron chi connectivity index (χ4n) is 3.68. The smallest absolute Gasteiger partial charge is 0.191 e. The quantitative estimate of drug-likeness (QED) is 0.293. The molecule has 1 unspecified atom stereocenters. The van der Waals surface area contributed by atoms with Crippen LogP contribution in [0, 0.1) is 26.7 Å². The van der Waals surface area contributed by atoms with Gasteiger partial charge in [-0.3, -0.25) is 9.98 Å². The third-order valence-electron chi connectivity index (χ3n) is 5.56. The van der Waals surface area contributed by atoms with Gasteiger partial charge < -0.3 is 24.8 Å². The van der Waals surface area contributed by atoms with Crippen molar-refractivity contribution in [2.75, 3.05) is 34.0 Å². The van der Waals surface area contributed by atoms with Crippen LogP contribution in [0.1, 0.15) is 34.4 Å². The van der Waals surface area contributed by atoms with E-state index in [1.165, 1.54) is 5.56 Å². The van der Waals surface area contributed by atoms with Crippen molar-refractivity contribution in [3.63, 3.8) is 0 Å². The lowest BCUT2D eigenvalue weighted by molar-refractivity contribution is 0.166. The van der Waals surface area contributed by atoms with Crippen LogP contribution in [0.3, 0.4) is 0 Å². The van der Waals surface area contributed by atoms with Gasteiger partial charge in [0.1, 0.15) is 11.5 Å². The fraction of sp³-hybridized carbons (Fsp3) is 0.500. The molecule has 1 aromatic carbocycles. The topological polar surface area (TPSA) is 77.0 Å². The van der Waals surface area contributed by atoms with Gasteiger partial charge in [-0.2, -0.15) is 0 Å². The molecule has 2 N–H and O–H groups in total. The molecule has 2 aromatic rings. The van der Waals surface area contributed by atoms with Gasteiger partial charge in [-0.25, -0.2) is 0 Å². The fourth-order valence-corrected chi connectivity index (χ4v) is 3.68. The summed E-state index contributed by atoms with van der Waals surface area (Å²) in [6, 6.07) is 6.30. The summed E-state index contributed by atoms with van der Waals surface area (Å²) in [6.45, 7) is 9.57. The average Bonchev–Trinajstić information content (AvgIpc) is 3.28. The van der Waals surface area contributed by atoms with Crippen LogP contribution in [-0.2, 0) is 17.8 Å². The summed E-state index contributed by atoms with van der Waals surface area (Å²) in [5.74, 6) is 2.97. The number of nitrogens with one attached hydrogen (secondary N) is 2. The van der Waals surface area contributed by atoms with Gasteiger partial charge in [0, 0.05) is 49.0 Å². The van der Waals surface area contributed by atoms with Gasteiger partial charge in [0.05, 0.1) is 32.6 Å². The van der Waals surface area contributed by atoms with Crippen molar-refractivity contribution in [1.29, 1.82) is 0 Å². The Bertz CT molecular complexity index is 914. The number of pyridine rings is 1. The maximum Gasteiger partial charge on any atom is 0.191 e. The summed E-state index contributed by atoms with van der Waals surface area (Å²) in [7, 11) is 3.45. The van der Waals surface area contributed by atoms with E-state index in [0.717, 1.165) is 53.5 Å². The first kappa shape index (κ1) is 26.2. The summed E-state index contributed by atoms with van der Waals surface area (Å²) in [6.07, 6.45) is 2.90. The van der Waals surface area contributed by atoms with E-state index in [2.05, 4.69) is 45.7 Å². The van der Waals surface area contributed by atoms with Crippen LogP contribution in [0.15, 0.2) is 29.4 Å². The Morgan fingerprint density at radius 2 is 2.00 bits per heavy atom. The van der Waals surface area contributed by atoms with Crippen LogP contribution in [0.2, 0.25) is 0 Å². The van der Waals surface area contributed by atoms with E-state index in [4.69, 9.17) is 14.2 Å². The summed E-state index contributed by atoms with van der Waals surface area (Å²) in [5, 5.41) is 6.72. The lowest BCUT2D eigenvalue weighted by atomic mass is 10.1. The highest BCUT2D eigenvalue weighted by molar-refractivity contribution is 14.0. The minimum Gasteiger partial charge on any atom is -0.496 e. The standard InChI is InChI=1S/C24H34N4O3.HI/c1-16-6-7-20(22(10-16)31-15-19-8-9-30-14-19)12-27-24(25-4)28-13-21-18(3)23(29-5)17(2)11-26-21;/h6-7,10-11,19H,8-9,12-15H2,1-5H3,(H2,25,27,28);1H. The number of hydrogen-bond acceptors (Lipinski definition) is 5. The number of aryl methyl sites for hydroxylation is 2. The number of halogens is 1. The number of ether oxygens (including phenoxy) is 3. The number of aromatic nitrogens is 1. The highest BCUT2D eigenvalue weighted by atomic mass is 127. The molecule has 1 aliphatic heterocycles. The maximum absolute atomic E-state index is 6.15. The van der Waals surface area contributed by atoms with E-state index in [9.17, 15) is 0 Å². The van der Waals surface area contributed by atoms with Gasteiger partial charge in [0.25, 0.3) is 0 Å². The normalized spacial score (nSPS) is 15.8. The van der Waals surface area contributed by atoms with Gasteiger partial charge >= 0.3 is 0 Å². The molecule has 7 nitrogen and oxygen atoms in total. The van der Waals surface area contributed by atoms with Gasteiger partial charge in [0.15, 0.2) is 5.96 Å². The van der Waals surface area contributed by atoms with Crippen LogP contribution in [0.25, 0.3) is 0 Å². The molecule has 0 saturated carbocycles. The van der Waals surface area contributed by atoms with Crippen molar-refractivity contribution in [3.8, 4) is 11.5 Å². The van der Waals surface area contributed by atoms with Gasteiger partial charge in [-0.05, 0) is 38.8 Å². The lowest BCUT2D eigenvalue weighted by Gasteiger charge is -2.17. The number of aliphatic imine (C=N–C) groups is 1. The van der Waals surface area contributed by atoms with Crippen LogP contribution >= 0.6 is 24.0 Å². The van der Waals surface area contributed by atoms with E-state index in [-0.39, 0.29) is 24.0 Å². The minimum atomic E-state index is 0. The Morgan fingerprint density at radius 1 is 1.22 bits per heavy atom. The SMILES string of the molecule is CN=C(NCc1ccc(C)cc1OCC1CCOC1)NCc1ncc(C)c(OC)c1C.I. The summed E-state index contributed by atoms with van der Waals surface area (Å²) in [4.78, 5) is 8.88. The molecule has 1 atom stereocenters. The Kier molecular flexibility index (Phi) is 10.5. The van der Waals surface area contributed by atoms with Gasteiger partial charge in [-0.15, -0.1) is 24.0 Å². The summed E-state index contributed by atoms with van der Waals surface area (Å²) in [5.41, 5.74) is 5.28. The molecule has 1 saturated heterocycles. The van der Waals surface area contributed by atoms with Crippen molar-refractivity contribution in [1.82, 2.24) is 15.6 Å². The number of hydrogen-bond donors (Lipinski definition) is 2. The Morgan fingerprint density at radius 3 is 2.69 bits per heavy atom. The second-order valence-corrected chi connectivity index (χ2v) is 7.98. The van der Waals surface area contributed by atoms with Crippen molar-refractivity contribution in [2.45, 2.75) is 40.3 Å². The Labute approximate surface area is 208 Å². The third kappa shape index (κ3) is 6.96. The first-order valence-electron chi connectivity index (χ1n) is 10.8. The molecule has 3 rings (SSSR count). The Balaban J connectivity index is 0.00000363. The predicted octanol–water partition coefficient (Wildman–Crippen LogP) is 3.91. The number of guanidine groups is 1. The first-order valence-corrected chi connectivity index (χ1v) is 10.8. The number of rotatable bonds is 8. The zero-order chi connectivity index (χ0) is 22.2. The number of methoxy groups -OCH3 is 1. The largest absolute Gasteiger partial charge is 0.496 e. The molecule has 8 heteroatoms. The second kappa shape index (κ2) is 12.8. The average molecular weight is 554 g/mol. The zero-order valence-corrected chi connectivity index (χ0v) is 22.0. The molecule has 1 aliphatic rings. The van der Waals surface area contributed by atoms with Crippen molar-refractivity contribution < 1.29 is 14.2 Å². The number of benzene rings is 1. The molecule has 0 bridgehead atoms. The van der Waals surface area contributed by atoms with Crippen LogP contribution in [0.4, 0.5) is 0 Å². The molecule has 1 aromatic heterocycles. The highest BCUT2D eigenvalue weighted by Gasteiger charge is 2.17. The Hall–Kier alpha value is -2.07. The van der Waals surface area contributed by atoms with Crippen molar-refractivity contribution >= 4 is 29.9 Å². The van der Waals surface area contributed by atoms with Crippen LogP contribution in [0.5, 0.6) is 11.5 Å². The molecule has 0 amide bonds. The summed E-state index contributed by atoms with van der Waals surface area (Å²) < 4.78 is 17.1. The van der Waals surface area contributed by atoms with E-state index in [0.29, 0.717) is 31.6 Å². The molecule has 1 fully saturated rings. The van der Waals surface area contributed by atoms with E-state index < -0.39 is 0 Å².